The number of nitrogens with one attached hydrogen (secondary N) is 1. The van der Waals surface area contributed by atoms with Crippen molar-refractivity contribution in [1.82, 2.24) is 10.2 Å². The molecule has 0 spiro atoms. The number of amides is 2. The van der Waals surface area contributed by atoms with E-state index in [1.807, 2.05) is 20.8 Å². The molecule has 0 aromatic heterocycles. The lowest BCUT2D eigenvalue weighted by Crippen LogP contribution is -2.51. The number of benzene rings is 3. The van der Waals surface area contributed by atoms with E-state index in [1.54, 1.807) is 73.7 Å². The van der Waals surface area contributed by atoms with E-state index < -0.39 is 28.5 Å². The van der Waals surface area contributed by atoms with Crippen LogP contribution in [-0.4, -0.2) is 50.9 Å². The minimum absolute atomic E-state index is 0.0424. The van der Waals surface area contributed by atoms with Gasteiger partial charge in [0.15, 0.2) is 0 Å². The molecule has 3 rings (SSSR count). The highest BCUT2D eigenvalue weighted by Crippen LogP contribution is 2.27. The van der Waals surface area contributed by atoms with E-state index in [9.17, 15) is 18.0 Å². The Morgan fingerprint density at radius 3 is 2.23 bits per heavy atom. The highest BCUT2D eigenvalue weighted by molar-refractivity contribution is 7.92. The van der Waals surface area contributed by atoms with E-state index in [1.165, 1.54) is 17.0 Å². The Labute approximate surface area is 241 Å². The van der Waals surface area contributed by atoms with Crippen LogP contribution in [0, 0.1) is 5.92 Å². The maximum atomic E-state index is 13.9. The van der Waals surface area contributed by atoms with Gasteiger partial charge in [-0.05, 0) is 73.9 Å². The number of rotatable bonds is 13. The Kier molecular flexibility index (Phi) is 11.0. The van der Waals surface area contributed by atoms with Gasteiger partial charge in [-0.3, -0.25) is 13.9 Å². The minimum atomic E-state index is -4.13. The Balaban J connectivity index is 2.00. The molecule has 3 aromatic rings. The van der Waals surface area contributed by atoms with Gasteiger partial charge in [0, 0.05) is 18.1 Å². The summed E-state index contributed by atoms with van der Waals surface area (Å²) in [6.07, 6.45) is 0. The highest BCUT2D eigenvalue weighted by atomic mass is 35.5. The van der Waals surface area contributed by atoms with Crippen molar-refractivity contribution in [3.05, 3.63) is 89.4 Å². The zero-order valence-corrected chi connectivity index (χ0v) is 24.8. The first-order valence-corrected chi connectivity index (χ1v) is 15.0. The second kappa shape index (κ2) is 14.2. The molecule has 3 aromatic carbocycles. The molecular weight excluding hydrogens is 550 g/mol. The fraction of sp³-hybridized carbons (Fsp3) is 0.333. The lowest BCUT2D eigenvalue weighted by atomic mass is 10.1. The summed E-state index contributed by atoms with van der Waals surface area (Å²) in [5.41, 5.74) is 1.00. The molecule has 1 atom stereocenters. The first-order valence-electron chi connectivity index (χ1n) is 13.1. The number of carbonyl (C=O) groups is 2. The molecule has 0 aliphatic heterocycles. The fourth-order valence-corrected chi connectivity index (χ4v) is 5.64. The monoisotopic (exact) mass is 585 g/mol. The zero-order valence-electron chi connectivity index (χ0n) is 23.2. The molecule has 2 amide bonds. The molecule has 0 aliphatic carbocycles. The van der Waals surface area contributed by atoms with Crippen LogP contribution in [0.4, 0.5) is 5.69 Å². The summed E-state index contributed by atoms with van der Waals surface area (Å²) in [5.74, 6) is -0.0739. The quantitative estimate of drug-likeness (QED) is 0.300. The number of ether oxygens (including phenoxy) is 1. The van der Waals surface area contributed by atoms with Crippen molar-refractivity contribution < 1.29 is 22.7 Å². The molecule has 8 nitrogen and oxygen atoms in total. The van der Waals surface area contributed by atoms with Crippen LogP contribution in [-0.2, 0) is 26.2 Å². The van der Waals surface area contributed by atoms with Gasteiger partial charge in [-0.1, -0.05) is 55.8 Å². The number of nitrogens with zero attached hydrogens (tertiary/aromatic N) is 2. The number of hydrogen-bond donors (Lipinski definition) is 1. The van der Waals surface area contributed by atoms with Crippen LogP contribution in [0.15, 0.2) is 83.8 Å². The van der Waals surface area contributed by atoms with E-state index in [0.717, 1.165) is 4.31 Å². The highest BCUT2D eigenvalue weighted by Gasteiger charge is 2.32. The third-order valence-corrected chi connectivity index (χ3v) is 8.16. The van der Waals surface area contributed by atoms with E-state index in [-0.39, 0.29) is 23.3 Å². The molecule has 10 heteroatoms. The van der Waals surface area contributed by atoms with Crippen LogP contribution in [0.3, 0.4) is 0 Å². The van der Waals surface area contributed by atoms with Crippen LogP contribution in [0.25, 0.3) is 0 Å². The van der Waals surface area contributed by atoms with Crippen molar-refractivity contribution in [2.75, 3.05) is 24.0 Å². The van der Waals surface area contributed by atoms with Crippen LogP contribution in [0.1, 0.15) is 33.3 Å². The van der Waals surface area contributed by atoms with Gasteiger partial charge in [0.1, 0.15) is 18.3 Å². The first-order chi connectivity index (χ1) is 19.0. The molecule has 0 aliphatic rings. The average Bonchev–Trinajstić information content (AvgIpc) is 2.94. The predicted octanol–water partition coefficient (Wildman–Crippen LogP) is 5.12. The Hall–Kier alpha value is -3.56. The second-order valence-corrected chi connectivity index (χ2v) is 12.0. The van der Waals surface area contributed by atoms with Gasteiger partial charge in [0.2, 0.25) is 11.8 Å². The van der Waals surface area contributed by atoms with Crippen molar-refractivity contribution >= 4 is 39.1 Å². The molecule has 0 heterocycles. The lowest BCUT2D eigenvalue weighted by molar-refractivity contribution is -0.139. The molecule has 0 bridgehead atoms. The smallest absolute Gasteiger partial charge is 0.264 e. The number of anilines is 1. The maximum Gasteiger partial charge on any atom is 0.264 e. The third-order valence-electron chi connectivity index (χ3n) is 6.14. The Bertz CT molecular complexity index is 1380. The minimum Gasteiger partial charge on any atom is -0.494 e. The second-order valence-electron chi connectivity index (χ2n) is 9.72. The normalized spacial score (nSPS) is 12.1. The summed E-state index contributed by atoms with van der Waals surface area (Å²) in [5, 5.41) is 3.36. The van der Waals surface area contributed by atoms with E-state index in [4.69, 9.17) is 16.3 Å². The van der Waals surface area contributed by atoms with Crippen LogP contribution >= 0.6 is 11.6 Å². The molecule has 0 saturated carbocycles. The van der Waals surface area contributed by atoms with Crippen LogP contribution in [0.5, 0.6) is 5.75 Å². The summed E-state index contributed by atoms with van der Waals surface area (Å²) in [6, 6.07) is 20.5. The summed E-state index contributed by atoms with van der Waals surface area (Å²) in [7, 11) is -4.13. The predicted molar refractivity (Wildman–Crippen MR) is 158 cm³/mol. The Morgan fingerprint density at radius 2 is 1.62 bits per heavy atom. The molecule has 0 fully saturated rings. The summed E-state index contributed by atoms with van der Waals surface area (Å²) >= 11 is 6.18. The van der Waals surface area contributed by atoms with Crippen molar-refractivity contribution in [3.63, 3.8) is 0 Å². The molecular formula is C30H36ClN3O5S. The number of hydrogen-bond acceptors (Lipinski definition) is 5. The van der Waals surface area contributed by atoms with Gasteiger partial charge in [0.25, 0.3) is 10.0 Å². The molecule has 40 heavy (non-hydrogen) atoms. The van der Waals surface area contributed by atoms with Gasteiger partial charge in [-0.15, -0.1) is 0 Å². The molecule has 0 radical (unpaired) electrons. The largest absolute Gasteiger partial charge is 0.494 e. The van der Waals surface area contributed by atoms with Crippen molar-refractivity contribution in [3.8, 4) is 5.75 Å². The van der Waals surface area contributed by atoms with Gasteiger partial charge >= 0.3 is 0 Å². The molecule has 214 valence electrons. The molecule has 0 unspecified atom stereocenters. The maximum absolute atomic E-state index is 13.9. The third kappa shape index (κ3) is 8.22. The summed E-state index contributed by atoms with van der Waals surface area (Å²) in [4.78, 5) is 28.4. The zero-order chi connectivity index (χ0) is 29.3. The van der Waals surface area contributed by atoms with Crippen molar-refractivity contribution in [2.45, 2.75) is 45.2 Å². The number of carbonyl (C=O) groups excluding carboxylic acids is 2. The summed E-state index contributed by atoms with van der Waals surface area (Å²) < 4.78 is 34.2. The van der Waals surface area contributed by atoms with Gasteiger partial charge < -0.3 is 15.0 Å². The van der Waals surface area contributed by atoms with E-state index in [0.29, 0.717) is 35.2 Å². The Morgan fingerprint density at radius 1 is 0.950 bits per heavy atom. The van der Waals surface area contributed by atoms with E-state index in [2.05, 4.69) is 5.32 Å². The van der Waals surface area contributed by atoms with Crippen LogP contribution < -0.4 is 14.4 Å². The number of sulfonamides is 1. The van der Waals surface area contributed by atoms with Crippen molar-refractivity contribution in [2.24, 2.45) is 5.92 Å². The fourth-order valence-electron chi connectivity index (χ4n) is 3.99. The lowest BCUT2D eigenvalue weighted by Gasteiger charge is -2.32. The van der Waals surface area contributed by atoms with Crippen LogP contribution in [0.2, 0.25) is 5.02 Å². The van der Waals surface area contributed by atoms with Gasteiger partial charge in [-0.2, -0.15) is 0 Å². The molecule has 1 N–H and O–H groups in total. The van der Waals surface area contributed by atoms with E-state index >= 15 is 0 Å². The van der Waals surface area contributed by atoms with Gasteiger partial charge in [0.05, 0.1) is 17.2 Å². The topological polar surface area (TPSA) is 96.0 Å². The standard InChI is InChI=1S/C30H36ClN3O5S/c1-5-39-27-16-14-26(15-17-27)34(40(37,38)28-12-7-6-8-13-28)21-29(35)33(20-24-10-9-11-25(31)18-24)23(4)30(36)32-19-22(2)3/h6-18,22-23H,5,19-21H2,1-4H3,(H,32,36)/t23-/m0/s1. The van der Waals surface area contributed by atoms with Gasteiger partial charge in [-0.25, -0.2) is 8.42 Å². The molecule has 0 saturated heterocycles. The van der Waals surface area contributed by atoms with Crippen molar-refractivity contribution in [1.29, 1.82) is 0 Å². The average molecular weight is 586 g/mol. The first kappa shape index (κ1) is 31.0. The summed E-state index contributed by atoms with van der Waals surface area (Å²) in [6.45, 7) is 7.89. The number of halogens is 1. The SMILES string of the molecule is CCOc1ccc(N(CC(=O)N(Cc2cccc(Cl)c2)[C@@H](C)C(=O)NCC(C)C)S(=O)(=O)c2ccccc2)cc1.